The van der Waals surface area contributed by atoms with Crippen LogP contribution in [-0.4, -0.2) is 19.3 Å². The summed E-state index contributed by atoms with van der Waals surface area (Å²) in [5.74, 6) is 0.166. The third kappa shape index (κ3) is 2.63. The molecule has 0 fully saturated rings. The largest absolute Gasteiger partial charge is 0.383 e. The smallest absolute Gasteiger partial charge is 0.333 e. The highest BCUT2D eigenvalue weighted by Gasteiger charge is 2.17. The van der Waals surface area contributed by atoms with Crippen LogP contribution in [0.2, 0.25) is 5.02 Å². The van der Waals surface area contributed by atoms with Crippen molar-refractivity contribution in [2.45, 2.75) is 26.4 Å². The number of aromatic amines is 1. The van der Waals surface area contributed by atoms with Crippen molar-refractivity contribution >= 4 is 28.5 Å². The van der Waals surface area contributed by atoms with Crippen molar-refractivity contribution in [1.29, 1.82) is 0 Å². The summed E-state index contributed by atoms with van der Waals surface area (Å²) in [6.07, 6.45) is 0.666. The summed E-state index contributed by atoms with van der Waals surface area (Å²) in [5.41, 5.74) is 6.14. The van der Waals surface area contributed by atoms with E-state index in [0.29, 0.717) is 18.0 Å². The molecule has 23 heavy (non-hydrogen) atoms. The van der Waals surface area contributed by atoms with Crippen LogP contribution in [0.25, 0.3) is 11.0 Å². The Balaban J connectivity index is 2.24. The van der Waals surface area contributed by atoms with Crippen LogP contribution in [0.4, 0.5) is 5.82 Å². The second-order valence-corrected chi connectivity index (χ2v) is 5.72. The number of H-pyrrole nitrogens is 1. The zero-order chi connectivity index (χ0) is 16.6. The minimum atomic E-state index is -0.412. The maximum atomic E-state index is 12.7. The Kier molecular flexibility index (Phi) is 3.96. The molecule has 2 aromatic heterocycles. The second-order valence-electron chi connectivity index (χ2n) is 5.29. The molecule has 3 aromatic rings. The number of halogens is 1. The molecule has 0 aliphatic rings. The first-order valence-electron chi connectivity index (χ1n) is 7.24. The number of nitrogens with one attached hydrogen (secondary N) is 1. The first-order chi connectivity index (χ1) is 11.0. The fraction of sp³-hybridized carbons (Fsp3) is 0.267. The van der Waals surface area contributed by atoms with Crippen molar-refractivity contribution in [2.75, 3.05) is 5.73 Å². The average Bonchev–Trinajstić information content (AvgIpc) is 2.92. The fourth-order valence-corrected chi connectivity index (χ4v) is 2.67. The normalized spacial score (nSPS) is 11.2. The van der Waals surface area contributed by atoms with Gasteiger partial charge in [0.15, 0.2) is 5.65 Å². The highest BCUT2D eigenvalue weighted by Crippen LogP contribution is 2.14. The zero-order valence-electron chi connectivity index (χ0n) is 12.5. The van der Waals surface area contributed by atoms with Crippen LogP contribution in [0.1, 0.15) is 18.9 Å². The van der Waals surface area contributed by atoms with Crippen LogP contribution < -0.4 is 17.0 Å². The molecule has 3 N–H and O–H groups in total. The molecule has 2 heterocycles. The number of rotatable bonds is 4. The predicted molar refractivity (Wildman–Crippen MR) is 89.9 cm³/mol. The average molecular weight is 334 g/mol. The maximum Gasteiger partial charge on any atom is 0.333 e. The standard InChI is InChI=1S/C15H16ClN5O2/c1-2-7-20-14(22)11-12(17)18-19-13(11)21(15(20)23)8-9-3-5-10(16)6-4-9/h3-6H,2,7-8H2,1H3,(H3,17,18,19). The summed E-state index contributed by atoms with van der Waals surface area (Å²) < 4.78 is 2.65. The van der Waals surface area contributed by atoms with Crippen molar-refractivity contribution in [2.24, 2.45) is 0 Å². The molecule has 7 nitrogen and oxygen atoms in total. The molecule has 0 aliphatic carbocycles. The van der Waals surface area contributed by atoms with Crippen molar-refractivity contribution in [3.05, 3.63) is 55.7 Å². The van der Waals surface area contributed by atoms with Gasteiger partial charge in [-0.25, -0.2) is 4.79 Å². The van der Waals surface area contributed by atoms with Gasteiger partial charge in [-0.1, -0.05) is 30.7 Å². The van der Waals surface area contributed by atoms with Gasteiger partial charge in [0.05, 0.1) is 6.54 Å². The van der Waals surface area contributed by atoms with Crippen molar-refractivity contribution in [3.8, 4) is 0 Å². The lowest BCUT2D eigenvalue weighted by atomic mass is 10.2. The van der Waals surface area contributed by atoms with Gasteiger partial charge in [-0.3, -0.25) is 19.0 Å². The van der Waals surface area contributed by atoms with Crippen molar-refractivity contribution < 1.29 is 0 Å². The number of nitrogens with zero attached hydrogens (tertiary/aromatic N) is 3. The number of nitrogen functional groups attached to an aromatic ring is 1. The number of anilines is 1. The Hall–Kier alpha value is -2.54. The van der Waals surface area contributed by atoms with Crippen LogP contribution in [0, 0.1) is 0 Å². The number of aromatic nitrogens is 4. The topological polar surface area (TPSA) is 98.7 Å². The van der Waals surface area contributed by atoms with Crippen molar-refractivity contribution in [3.63, 3.8) is 0 Å². The number of nitrogens with two attached hydrogens (primary N) is 1. The summed E-state index contributed by atoms with van der Waals surface area (Å²) in [6, 6.07) is 7.15. The molecule has 0 aliphatic heterocycles. The van der Waals surface area contributed by atoms with Crippen LogP contribution in [0.5, 0.6) is 0 Å². The molecule has 1 aromatic carbocycles. The number of hydrogen-bond donors (Lipinski definition) is 2. The van der Waals surface area contributed by atoms with E-state index in [1.165, 1.54) is 9.13 Å². The fourth-order valence-electron chi connectivity index (χ4n) is 2.55. The molecule has 3 rings (SSSR count). The quantitative estimate of drug-likeness (QED) is 0.757. The van der Waals surface area contributed by atoms with E-state index in [2.05, 4.69) is 10.2 Å². The molecule has 0 bridgehead atoms. The Morgan fingerprint density at radius 1 is 1.22 bits per heavy atom. The van der Waals surface area contributed by atoms with Gasteiger partial charge in [0.1, 0.15) is 11.2 Å². The van der Waals surface area contributed by atoms with Gasteiger partial charge in [-0.05, 0) is 24.1 Å². The van der Waals surface area contributed by atoms with E-state index in [9.17, 15) is 9.59 Å². The summed E-state index contributed by atoms with van der Waals surface area (Å²) >= 11 is 5.88. The molecule has 0 saturated carbocycles. The zero-order valence-corrected chi connectivity index (χ0v) is 13.3. The first kappa shape index (κ1) is 15.4. The highest BCUT2D eigenvalue weighted by atomic mass is 35.5. The summed E-state index contributed by atoms with van der Waals surface area (Å²) in [4.78, 5) is 25.1. The predicted octanol–water partition coefficient (Wildman–Crippen LogP) is 1.58. The van der Waals surface area contributed by atoms with E-state index in [4.69, 9.17) is 17.3 Å². The van der Waals surface area contributed by atoms with Crippen LogP contribution in [0.3, 0.4) is 0 Å². The van der Waals surface area contributed by atoms with Gasteiger partial charge in [-0.15, -0.1) is 0 Å². The molecular formula is C15H16ClN5O2. The Morgan fingerprint density at radius 3 is 2.57 bits per heavy atom. The monoisotopic (exact) mass is 333 g/mol. The lowest BCUT2D eigenvalue weighted by Crippen LogP contribution is -2.40. The Labute approximate surface area is 136 Å². The molecule has 0 saturated heterocycles. The van der Waals surface area contributed by atoms with Gasteiger partial charge in [0.2, 0.25) is 0 Å². The lowest BCUT2D eigenvalue weighted by Gasteiger charge is -2.11. The number of hydrogen-bond acceptors (Lipinski definition) is 4. The van der Waals surface area contributed by atoms with Gasteiger partial charge in [0, 0.05) is 11.6 Å². The SMILES string of the molecule is CCCn1c(=O)c2c(N)[nH]nc2n(Cc2ccc(Cl)cc2)c1=O. The number of benzene rings is 1. The van der Waals surface area contributed by atoms with Crippen molar-refractivity contribution in [1.82, 2.24) is 19.3 Å². The molecule has 0 atom stereocenters. The third-order valence-electron chi connectivity index (χ3n) is 3.65. The van der Waals surface area contributed by atoms with E-state index < -0.39 is 11.2 Å². The lowest BCUT2D eigenvalue weighted by molar-refractivity contribution is 0.579. The maximum absolute atomic E-state index is 12.7. The molecule has 8 heteroatoms. The first-order valence-corrected chi connectivity index (χ1v) is 7.62. The second kappa shape index (κ2) is 5.92. The number of fused-ring (bicyclic) bond motifs is 1. The van der Waals surface area contributed by atoms with E-state index in [0.717, 1.165) is 5.56 Å². The third-order valence-corrected chi connectivity index (χ3v) is 3.90. The molecular weight excluding hydrogens is 318 g/mol. The Bertz CT molecular complexity index is 968. The summed E-state index contributed by atoms with van der Waals surface area (Å²) in [7, 11) is 0. The minimum absolute atomic E-state index is 0.166. The van der Waals surface area contributed by atoms with Gasteiger partial charge in [-0.2, -0.15) is 5.10 Å². The molecule has 0 unspecified atom stereocenters. The van der Waals surface area contributed by atoms with Crippen LogP contribution in [-0.2, 0) is 13.1 Å². The molecule has 0 spiro atoms. The highest BCUT2D eigenvalue weighted by molar-refractivity contribution is 6.30. The van der Waals surface area contributed by atoms with E-state index in [1.807, 2.05) is 19.1 Å². The Morgan fingerprint density at radius 2 is 1.91 bits per heavy atom. The summed E-state index contributed by atoms with van der Waals surface area (Å²) in [5, 5.41) is 7.47. The minimum Gasteiger partial charge on any atom is -0.383 e. The van der Waals surface area contributed by atoms with Gasteiger partial charge in [0.25, 0.3) is 5.56 Å². The molecule has 120 valence electrons. The van der Waals surface area contributed by atoms with Crippen LogP contribution in [0.15, 0.2) is 33.9 Å². The van der Waals surface area contributed by atoms with Gasteiger partial charge < -0.3 is 5.73 Å². The molecule has 0 amide bonds. The van der Waals surface area contributed by atoms with E-state index >= 15 is 0 Å². The van der Waals surface area contributed by atoms with E-state index in [1.54, 1.807) is 12.1 Å². The van der Waals surface area contributed by atoms with Crippen LogP contribution >= 0.6 is 11.6 Å². The summed E-state index contributed by atoms with van der Waals surface area (Å²) in [6.45, 7) is 2.51. The van der Waals surface area contributed by atoms with E-state index in [-0.39, 0.29) is 23.4 Å². The van der Waals surface area contributed by atoms with Gasteiger partial charge >= 0.3 is 5.69 Å². The molecule has 0 radical (unpaired) electrons.